The number of imidazole rings is 1. The van der Waals surface area contributed by atoms with Gasteiger partial charge in [-0.05, 0) is 19.4 Å². The minimum absolute atomic E-state index is 0.201. The number of nitrogens with two attached hydrogens (primary N) is 1. The Morgan fingerprint density at radius 2 is 2.14 bits per heavy atom. The van der Waals surface area contributed by atoms with E-state index in [4.69, 9.17) is 10.5 Å². The Bertz CT molecular complexity index is 867. The number of fused-ring (bicyclic) bond motifs is 1. The number of rotatable bonds is 7. The van der Waals surface area contributed by atoms with Gasteiger partial charge in [-0.25, -0.2) is 15.0 Å². The normalized spacial score (nSPS) is 25.0. The highest BCUT2D eigenvalue weighted by atomic mass is 16.6. The molecule has 0 saturated carbocycles. The number of carbonyl (C=O) groups excluding carboxylic acids is 1. The van der Waals surface area contributed by atoms with Gasteiger partial charge in [0.05, 0.1) is 6.33 Å². The number of aromatic nitrogens is 4. The van der Waals surface area contributed by atoms with Crippen molar-refractivity contribution in [3.8, 4) is 0 Å². The van der Waals surface area contributed by atoms with Crippen LogP contribution in [0, 0.1) is 0 Å². The number of likely N-dealkylation sites (N-methyl/N-ethyl adjacent to an activating group) is 1. The highest BCUT2D eigenvalue weighted by Crippen LogP contribution is 2.32. The summed E-state index contributed by atoms with van der Waals surface area (Å²) in [6.07, 6.45) is 3.29. The highest BCUT2D eigenvalue weighted by Gasteiger charge is 2.47. The monoisotopic (exact) mass is 390 g/mol. The maximum Gasteiger partial charge on any atom is 0.252 e. The van der Waals surface area contributed by atoms with Gasteiger partial charge >= 0.3 is 0 Å². The molecule has 1 aliphatic heterocycles. The van der Waals surface area contributed by atoms with E-state index in [0.29, 0.717) is 23.5 Å². The molecule has 0 radical (unpaired) electrons. The number of nitrogens with zero attached hydrogens (tertiary/aromatic N) is 4. The predicted molar refractivity (Wildman–Crippen MR) is 103 cm³/mol. The van der Waals surface area contributed by atoms with Crippen molar-refractivity contribution in [2.75, 3.05) is 12.3 Å². The van der Waals surface area contributed by atoms with Crippen LogP contribution in [0.1, 0.15) is 45.2 Å². The van der Waals surface area contributed by atoms with Gasteiger partial charge in [0, 0.05) is 6.54 Å². The maximum atomic E-state index is 12.1. The van der Waals surface area contributed by atoms with E-state index in [-0.39, 0.29) is 5.82 Å². The molecule has 0 spiro atoms. The molecular weight excluding hydrogens is 364 g/mol. The summed E-state index contributed by atoms with van der Waals surface area (Å²) in [5.74, 6) is 0.123. The van der Waals surface area contributed by atoms with Crippen LogP contribution in [0.25, 0.3) is 17.2 Å². The third-order valence-electron chi connectivity index (χ3n) is 4.58. The molecule has 1 amide bonds. The van der Waals surface area contributed by atoms with Crippen molar-refractivity contribution in [2.24, 2.45) is 0 Å². The lowest BCUT2D eigenvalue weighted by Crippen LogP contribution is -2.42. The topological polar surface area (TPSA) is 148 Å². The standard InChI is InChI=1S/C18H26N6O4/c1-3-5-6-7-8-10-22-15(19)11-16(23-10)24(9-21-11)18-13(26)12(25)14(28-18)17(27)20-4-2/h7-9,12-14,18,25-26H,3-6H2,1-2H3,(H,20,27)(H2,19,22,23)/b8-7+/t12-,13+,14-,18+/m0/s1. The first-order chi connectivity index (χ1) is 13.5. The molecule has 3 heterocycles. The zero-order valence-electron chi connectivity index (χ0n) is 15.9. The van der Waals surface area contributed by atoms with Gasteiger partial charge in [0.1, 0.15) is 17.7 Å². The number of amides is 1. The van der Waals surface area contributed by atoms with Gasteiger partial charge in [-0.15, -0.1) is 0 Å². The van der Waals surface area contributed by atoms with Crippen molar-refractivity contribution in [2.45, 2.75) is 57.6 Å². The zero-order chi connectivity index (χ0) is 20.3. The van der Waals surface area contributed by atoms with Crippen LogP contribution < -0.4 is 11.1 Å². The first-order valence-corrected chi connectivity index (χ1v) is 9.43. The van der Waals surface area contributed by atoms with Crippen LogP contribution in [0.15, 0.2) is 12.4 Å². The van der Waals surface area contributed by atoms with Gasteiger partial charge in [-0.2, -0.15) is 0 Å². The van der Waals surface area contributed by atoms with Gasteiger partial charge in [0.25, 0.3) is 5.91 Å². The lowest BCUT2D eigenvalue weighted by Gasteiger charge is -2.16. The van der Waals surface area contributed by atoms with Crippen LogP contribution in [-0.2, 0) is 9.53 Å². The molecule has 4 atom stereocenters. The third-order valence-corrected chi connectivity index (χ3v) is 4.58. The minimum Gasteiger partial charge on any atom is -0.387 e. The average Bonchev–Trinajstić information content (AvgIpc) is 3.21. The summed E-state index contributed by atoms with van der Waals surface area (Å²) < 4.78 is 7.10. The smallest absolute Gasteiger partial charge is 0.252 e. The molecule has 2 aromatic rings. The van der Waals surface area contributed by atoms with Gasteiger partial charge in [-0.1, -0.05) is 25.8 Å². The molecule has 0 aromatic carbocycles. The van der Waals surface area contributed by atoms with E-state index < -0.39 is 30.4 Å². The molecule has 1 saturated heterocycles. The van der Waals surface area contributed by atoms with Crippen LogP contribution in [-0.4, -0.2) is 60.5 Å². The number of nitrogens with one attached hydrogen (secondary N) is 1. The van der Waals surface area contributed by atoms with Crippen LogP contribution in [0.3, 0.4) is 0 Å². The Hall–Kier alpha value is -2.56. The van der Waals surface area contributed by atoms with E-state index in [2.05, 4.69) is 27.2 Å². The first kappa shape index (κ1) is 20.2. The Morgan fingerprint density at radius 3 is 2.86 bits per heavy atom. The van der Waals surface area contributed by atoms with Gasteiger partial charge < -0.3 is 26.0 Å². The van der Waals surface area contributed by atoms with Gasteiger partial charge in [0.2, 0.25) is 0 Å². The SMILES string of the molecule is CCCC/C=C/c1nc(N)c2ncn([C@@H]3O[C@H](C(=O)NCC)[C@@H](O)[C@H]3O)c2n1. The summed E-state index contributed by atoms with van der Waals surface area (Å²) in [4.78, 5) is 24.9. The highest BCUT2D eigenvalue weighted by molar-refractivity contribution is 5.83. The molecule has 5 N–H and O–H groups in total. The molecule has 3 rings (SSSR count). The van der Waals surface area contributed by atoms with E-state index in [1.54, 1.807) is 13.0 Å². The molecule has 0 bridgehead atoms. The van der Waals surface area contributed by atoms with Crippen LogP contribution in [0.5, 0.6) is 0 Å². The van der Waals surface area contributed by atoms with Crippen molar-refractivity contribution in [3.63, 3.8) is 0 Å². The molecule has 10 heteroatoms. The fraction of sp³-hybridized carbons (Fsp3) is 0.556. The fourth-order valence-electron chi connectivity index (χ4n) is 3.11. The van der Waals surface area contributed by atoms with Gasteiger partial charge in [-0.3, -0.25) is 9.36 Å². The summed E-state index contributed by atoms with van der Waals surface area (Å²) in [5, 5.41) is 23.2. The Balaban J connectivity index is 1.91. The molecule has 10 nitrogen and oxygen atoms in total. The fourth-order valence-corrected chi connectivity index (χ4v) is 3.11. The second-order valence-corrected chi connectivity index (χ2v) is 6.66. The average molecular weight is 390 g/mol. The number of carbonyl (C=O) groups is 1. The molecule has 1 fully saturated rings. The number of aliphatic hydroxyl groups excluding tert-OH is 2. The quantitative estimate of drug-likeness (QED) is 0.496. The van der Waals surface area contributed by atoms with Crippen molar-refractivity contribution < 1.29 is 19.7 Å². The summed E-state index contributed by atoms with van der Waals surface area (Å²) in [7, 11) is 0. The summed E-state index contributed by atoms with van der Waals surface area (Å²) >= 11 is 0. The molecule has 0 unspecified atom stereocenters. The lowest BCUT2D eigenvalue weighted by atomic mass is 10.1. The van der Waals surface area contributed by atoms with Crippen molar-refractivity contribution in [1.82, 2.24) is 24.8 Å². The number of unbranched alkanes of at least 4 members (excludes halogenated alkanes) is 2. The van der Waals surface area contributed by atoms with E-state index in [1.807, 2.05) is 6.08 Å². The predicted octanol–water partition coefficient (Wildman–Crippen LogP) is 0.367. The van der Waals surface area contributed by atoms with Crippen LogP contribution in [0.2, 0.25) is 0 Å². The lowest BCUT2D eigenvalue weighted by molar-refractivity contribution is -0.137. The number of anilines is 1. The van der Waals surface area contributed by atoms with Crippen LogP contribution in [0.4, 0.5) is 5.82 Å². The number of aliphatic hydroxyl groups is 2. The Labute approximate surface area is 162 Å². The van der Waals surface area contributed by atoms with Crippen LogP contribution >= 0.6 is 0 Å². The molecule has 1 aliphatic rings. The minimum atomic E-state index is -1.37. The van der Waals surface area contributed by atoms with E-state index in [1.165, 1.54) is 10.9 Å². The van der Waals surface area contributed by atoms with Crippen molar-refractivity contribution in [3.05, 3.63) is 18.2 Å². The second-order valence-electron chi connectivity index (χ2n) is 6.66. The molecule has 2 aromatic heterocycles. The summed E-state index contributed by atoms with van der Waals surface area (Å²) in [6, 6.07) is 0. The summed E-state index contributed by atoms with van der Waals surface area (Å²) in [5.41, 5.74) is 6.71. The van der Waals surface area contributed by atoms with E-state index in [9.17, 15) is 15.0 Å². The molecule has 152 valence electrons. The number of ether oxygens (including phenoxy) is 1. The van der Waals surface area contributed by atoms with E-state index >= 15 is 0 Å². The summed E-state index contributed by atoms with van der Waals surface area (Å²) in [6.45, 7) is 4.26. The molecule has 28 heavy (non-hydrogen) atoms. The Morgan fingerprint density at radius 1 is 1.36 bits per heavy atom. The Kier molecular flexibility index (Phi) is 6.22. The van der Waals surface area contributed by atoms with Gasteiger partial charge in [0.15, 0.2) is 29.6 Å². The zero-order valence-corrected chi connectivity index (χ0v) is 15.9. The molecular formula is C18H26N6O4. The second kappa shape index (κ2) is 8.63. The first-order valence-electron chi connectivity index (χ1n) is 9.43. The molecule has 0 aliphatic carbocycles. The largest absolute Gasteiger partial charge is 0.387 e. The number of hydrogen-bond acceptors (Lipinski definition) is 8. The van der Waals surface area contributed by atoms with Crippen molar-refractivity contribution >= 4 is 29.0 Å². The maximum absolute atomic E-state index is 12.1. The number of nitrogen functional groups attached to an aromatic ring is 1. The third kappa shape index (κ3) is 3.84. The number of allylic oxidation sites excluding steroid dienone is 1. The number of hydrogen-bond donors (Lipinski definition) is 4. The van der Waals surface area contributed by atoms with Crippen molar-refractivity contribution in [1.29, 1.82) is 0 Å². The van der Waals surface area contributed by atoms with E-state index in [0.717, 1.165) is 19.3 Å².